The standard InChI is InChI=1S/C24H32ClN3O5S/c1-5-33-22-13-11-21(12-14-22)28(34(4,31)32)15-7-10-23(29)27(18(2)24(30)26-3)17-19-8-6-9-20(25)16-19/h6,8-9,11-14,16,18H,5,7,10,15,17H2,1-4H3,(H,26,30)/t18-/m1/s1. The topological polar surface area (TPSA) is 96.0 Å². The van der Waals surface area contributed by atoms with E-state index >= 15 is 0 Å². The highest BCUT2D eigenvalue weighted by Crippen LogP contribution is 2.23. The number of nitrogens with zero attached hydrogens (tertiary/aromatic N) is 2. The van der Waals surface area contributed by atoms with Crippen LogP contribution in [-0.4, -0.2) is 57.6 Å². The van der Waals surface area contributed by atoms with Crippen molar-refractivity contribution in [3.63, 3.8) is 0 Å². The molecule has 186 valence electrons. The number of nitrogens with one attached hydrogen (secondary N) is 1. The van der Waals surface area contributed by atoms with Crippen molar-refractivity contribution < 1.29 is 22.7 Å². The lowest BCUT2D eigenvalue weighted by atomic mass is 10.1. The summed E-state index contributed by atoms with van der Waals surface area (Å²) >= 11 is 6.07. The fraction of sp³-hybridized carbons (Fsp3) is 0.417. The first-order chi connectivity index (χ1) is 16.1. The average Bonchev–Trinajstić information content (AvgIpc) is 2.79. The largest absolute Gasteiger partial charge is 0.494 e. The molecule has 1 N–H and O–H groups in total. The van der Waals surface area contributed by atoms with Crippen molar-refractivity contribution in [2.75, 3.05) is 30.8 Å². The number of amides is 2. The molecule has 2 aromatic rings. The van der Waals surface area contributed by atoms with Gasteiger partial charge in [0.2, 0.25) is 21.8 Å². The van der Waals surface area contributed by atoms with Gasteiger partial charge >= 0.3 is 0 Å². The number of hydrogen-bond acceptors (Lipinski definition) is 5. The van der Waals surface area contributed by atoms with Gasteiger partial charge in [-0.15, -0.1) is 0 Å². The average molecular weight is 510 g/mol. The Morgan fingerprint density at radius 2 is 1.82 bits per heavy atom. The molecule has 34 heavy (non-hydrogen) atoms. The highest BCUT2D eigenvalue weighted by atomic mass is 35.5. The number of benzene rings is 2. The van der Waals surface area contributed by atoms with Gasteiger partial charge in [0.1, 0.15) is 11.8 Å². The first-order valence-electron chi connectivity index (χ1n) is 11.0. The Morgan fingerprint density at radius 3 is 2.38 bits per heavy atom. The second kappa shape index (κ2) is 12.6. The first kappa shape index (κ1) is 27.5. The molecule has 0 unspecified atom stereocenters. The van der Waals surface area contributed by atoms with Crippen molar-refractivity contribution in [2.45, 2.75) is 39.3 Å². The molecule has 8 nitrogen and oxygen atoms in total. The normalized spacial score (nSPS) is 12.0. The Morgan fingerprint density at radius 1 is 1.15 bits per heavy atom. The van der Waals surface area contributed by atoms with E-state index in [0.717, 1.165) is 11.8 Å². The van der Waals surface area contributed by atoms with Crippen LogP contribution < -0.4 is 14.4 Å². The Hall–Kier alpha value is -2.78. The zero-order valence-corrected chi connectivity index (χ0v) is 21.5. The lowest BCUT2D eigenvalue weighted by Crippen LogP contribution is -2.46. The van der Waals surface area contributed by atoms with Crippen LogP contribution in [0.3, 0.4) is 0 Å². The fourth-order valence-electron chi connectivity index (χ4n) is 3.50. The van der Waals surface area contributed by atoms with E-state index in [1.807, 2.05) is 13.0 Å². The highest BCUT2D eigenvalue weighted by Gasteiger charge is 2.26. The summed E-state index contributed by atoms with van der Waals surface area (Å²) < 4.78 is 31.5. The molecule has 0 bridgehead atoms. The molecule has 2 aromatic carbocycles. The summed E-state index contributed by atoms with van der Waals surface area (Å²) in [4.78, 5) is 26.8. The predicted octanol–water partition coefficient (Wildman–Crippen LogP) is 3.45. The maximum Gasteiger partial charge on any atom is 0.242 e. The third-order valence-corrected chi connectivity index (χ3v) is 6.67. The third-order valence-electron chi connectivity index (χ3n) is 5.24. The maximum atomic E-state index is 13.1. The number of rotatable bonds is 12. The minimum atomic E-state index is -3.56. The van der Waals surface area contributed by atoms with Crippen LogP contribution in [-0.2, 0) is 26.2 Å². The van der Waals surface area contributed by atoms with Gasteiger partial charge in [-0.1, -0.05) is 23.7 Å². The number of anilines is 1. The summed E-state index contributed by atoms with van der Waals surface area (Å²) in [7, 11) is -2.04. The molecule has 0 saturated heterocycles. The van der Waals surface area contributed by atoms with E-state index < -0.39 is 16.1 Å². The molecular formula is C24H32ClN3O5S. The van der Waals surface area contributed by atoms with E-state index in [2.05, 4.69) is 5.32 Å². The number of hydrogen-bond donors (Lipinski definition) is 1. The lowest BCUT2D eigenvalue weighted by molar-refractivity contribution is -0.140. The molecule has 1 atom stereocenters. The molecule has 0 saturated carbocycles. The second-order valence-corrected chi connectivity index (χ2v) is 10.2. The summed E-state index contributed by atoms with van der Waals surface area (Å²) in [6.45, 7) is 4.37. The number of carbonyl (C=O) groups is 2. The Labute approximate surface area is 206 Å². The van der Waals surface area contributed by atoms with Crippen molar-refractivity contribution in [3.8, 4) is 5.75 Å². The highest BCUT2D eigenvalue weighted by molar-refractivity contribution is 7.92. The summed E-state index contributed by atoms with van der Waals surface area (Å²) in [5, 5.41) is 3.11. The van der Waals surface area contributed by atoms with Crippen LogP contribution in [0.2, 0.25) is 5.02 Å². The van der Waals surface area contributed by atoms with Crippen LogP contribution in [0.25, 0.3) is 0 Å². The Kier molecular flexibility index (Phi) is 10.2. The molecule has 0 aromatic heterocycles. The van der Waals surface area contributed by atoms with Gasteiger partial charge in [-0.2, -0.15) is 0 Å². The SMILES string of the molecule is CCOc1ccc(N(CCCC(=O)N(Cc2cccc(Cl)c2)[C@H](C)C(=O)NC)S(C)(=O)=O)cc1. The predicted molar refractivity (Wildman–Crippen MR) is 135 cm³/mol. The summed E-state index contributed by atoms with van der Waals surface area (Å²) in [6.07, 6.45) is 1.49. The quantitative estimate of drug-likeness (QED) is 0.472. The minimum Gasteiger partial charge on any atom is -0.494 e. The van der Waals surface area contributed by atoms with E-state index in [1.165, 1.54) is 16.3 Å². The molecule has 2 rings (SSSR count). The Balaban J connectivity index is 2.13. The van der Waals surface area contributed by atoms with E-state index in [-0.39, 0.29) is 37.7 Å². The number of carbonyl (C=O) groups excluding carboxylic acids is 2. The number of sulfonamides is 1. The maximum absolute atomic E-state index is 13.1. The van der Waals surface area contributed by atoms with E-state index in [1.54, 1.807) is 49.4 Å². The first-order valence-corrected chi connectivity index (χ1v) is 13.3. The second-order valence-electron chi connectivity index (χ2n) is 7.81. The molecule has 10 heteroatoms. The van der Waals surface area contributed by atoms with Crippen LogP contribution in [0, 0.1) is 0 Å². The summed E-state index contributed by atoms with van der Waals surface area (Å²) in [5.41, 5.74) is 1.29. The van der Waals surface area contributed by atoms with Gasteiger partial charge in [-0.05, 0) is 62.2 Å². The Bertz CT molecular complexity index is 1080. The molecule has 0 aliphatic carbocycles. The minimum absolute atomic E-state index is 0.0744. The fourth-order valence-corrected chi connectivity index (χ4v) is 4.68. The molecule has 2 amide bonds. The molecule has 0 heterocycles. The lowest BCUT2D eigenvalue weighted by Gasteiger charge is -2.29. The number of halogens is 1. The number of ether oxygens (including phenoxy) is 1. The van der Waals surface area contributed by atoms with Crippen molar-refractivity contribution >= 4 is 39.1 Å². The van der Waals surface area contributed by atoms with Crippen LogP contribution in [0.1, 0.15) is 32.3 Å². The van der Waals surface area contributed by atoms with Gasteiger partial charge in [0.05, 0.1) is 18.6 Å². The van der Waals surface area contributed by atoms with Gasteiger partial charge in [0, 0.05) is 31.6 Å². The van der Waals surface area contributed by atoms with E-state index in [4.69, 9.17) is 16.3 Å². The van der Waals surface area contributed by atoms with Crippen molar-refractivity contribution in [1.29, 1.82) is 0 Å². The van der Waals surface area contributed by atoms with Gasteiger partial charge in [-0.3, -0.25) is 13.9 Å². The zero-order valence-electron chi connectivity index (χ0n) is 20.0. The van der Waals surface area contributed by atoms with Crippen LogP contribution in [0.15, 0.2) is 48.5 Å². The third kappa shape index (κ3) is 7.92. The van der Waals surface area contributed by atoms with Gasteiger partial charge in [0.25, 0.3) is 0 Å². The van der Waals surface area contributed by atoms with Crippen molar-refractivity contribution in [1.82, 2.24) is 10.2 Å². The molecule has 0 aliphatic heterocycles. The molecule has 0 radical (unpaired) electrons. The molecule has 0 aliphatic rings. The summed E-state index contributed by atoms with van der Waals surface area (Å²) in [5.74, 6) is 0.105. The summed E-state index contributed by atoms with van der Waals surface area (Å²) in [6, 6.07) is 13.2. The van der Waals surface area contributed by atoms with Gasteiger partial charge < -0.3 is 15.0 Å². The number of likely N-dealkylation sites (N-methyl/N-ethyl adjacent to an activating group) is 1. The van der Waals surface area contributed by atoms with Crippen LogP contribution in [0.4, 0.5) is 5.69 Å². The van der Waals surface area contributed by atoms with Crippen molar-refractivity contribution in [2.24, 2.45) is 0 Å². The van der Waals surface area contributed by atoms with E-state index in [0.29, 0.717) is 23.1 Å². The van der Waals surface area contributed by atoms with Gasteiger partial charge in [-0.25, -0.2) is 8.42 Å². The van der Waals surface area contributed by atoms with Crippen molar-refractivity contribution in [3.05, 3.63) is 59.1 Å². The van der Waals surface area contributed by atoms with Crippen LogP contribution >= 0.6 is 11.6 Å². The molecule has 0 spiro atoms. The van der Waals surface area contributed by atoms with E-state index in [9.17, 15) is 18.0 Å². The smallest absolute Gasteiger partial charge is 0.242 e. The zero-order chi connectivity index (χ0) is 25.3. The monoisotopic (exact) mass is 509 g/mol. The molecule has 0 fully saturated rings. The van der Waals surface area contributed by atoms with Gasteiger partial charge in [0.15, 0.2) is 0 Å². The van der Waals surface area contributed by atoms with Crippen LogP contribution in [0.5, 0.6) is 5.75 Å². The molecular weight excluding hydrogens is 478 g/mol.